The normalized spacial score (nSPS) is 12.5. The van der Waals surface area contributed by atoms with Crippen LogP contribution in [0.15, 0.2) is 25.0 Å². The summed E-state index contributed by atoms with van der Waals surface area (Å²) >= 11 is 0. The molecule has 0 spiro atoms. The standard InChI is InChI=1S/C8H10N2O/c1-3-7(11)8-6(2)9-4-5-10-8/h3-5,7,11H,1H2,2H3. The molecule has 1 heterocycles. The summed E-state index contributed by atoms with van der Waals surface area (Å²) in [7, 11) is 0. The molecule has 58 valence electrons. The van der Waals surface area contributed by atoms with Crippen molar-refractivity contribution >= 4 is 0 Å². The minimum atomic E-state index is -0.705. The van der Waals surface area contributed by atoms with Crippen molar-refractivity contribution in [2.75, 3.05) is 0 Å². The first kappa shape index (κ1) is 7.88. The zero-order valence-corrected chi connectivity index (χ0v) is 6.36. The molecule has 11 heavy (non-hydrogen) atoms. The van der Waals surface area contributed by atoms with E-state index in [9.17, 15) is 5.11 Å². The van der Waals surface area contributed by atoms with Gasteiger partial charge >= 0.3 is 0 Å². The van der Waals surface area contributed by atoms with Crippen LogP contribution in [0.1, 0.15) is 17.5 Å². The SMILES string of the molecule is C=CC(O)c1nccnc1C. The Hall–Kier alpha value is -1.22. The molecule has 0 aliphatic carbocycles. The van der Waals surface area contributed by atoms with Crippen molar-refractivity contribution in [3.05, 3.63) is 36.4 Å². The van der Waals surface area contributed by atoms with E-state index in [1.165, 1.54) is 6.08 Å². The first-order valence-corrected chi connectivity index (χ1v) is 3.34. The molecule has 0 saturated carbocycles. The Morgan fingerprint density at radius 2 is 2.18 bits per heavy atom. The second-order valence-electron chi connectivity index (χ2n) is 2.21. The van der Waals surface area contributed by atoms with Gasteiger partial charge < -0.3 is 5.11 Å². The third-order valence-corrected chi connectivity index (χ3v) is 1.42. The first-order chi connectivity index (χ1) is 5.25. The fourth-order valence-electron chi connectivity index (χ4n) is 0.820. The van der Waals surface area contributed by atoms with Gasteiger partial charge in [0.15, 0.2) is 0 Å². The average Bonchev–Trinajstić information content (AvgIpc) is 2.04. The maximum absolute atomic E-state index is 9.29. The van der Waals surface area contributed by atoms with Crippen LogP contribution < -0.4 is 0 Å². The summed E-state index contributed by atoms with van der Waals surface area (Å²) in [6.45, 7) is 5.26. The molecule has 1 aromatic heterocycles. The molecule has 0 bridgehead atoms. The van der Waals surface area contributed by atoms with Gasteiger partial charge in [-0.1, -0.05) is 6.08 Å². The van der Waals surface area contributed by atoms with Gasteiger partial charge in [-0.15, -0.1) is 6.58 Å². The molecule has 1 atom stereocenters. The van der Waals surface area contributed by atoms with Crippen molar-refractivity contribution in [2.45, 2.75) is 13.0 Å². The molecular formula is C8H10N2O. The number of hydrogen-bond acceptors (Lipinski definition) is 3. The molecule has 3 heteroatoms. The molecule has 0 aromatic carbocycles. The lowest BCUT2D eigenvalue weighted by Gasteiger charge is -2.05. The first-order valence-electron chi connectivity index (χ1n) is 3.34. The maximum Gasteiger partial charge on any atom is 0.116 e. The van der Waals surface area contributed by atoms with Crippen LogP contribution >= 0.6 is 0 Å². The van der Waals surface area contributed by atoms with Gasteiger partial charge in [-0.3, -0.25) is 9.97 Å². The van der Waals surface area contributed by atoms with Crippen molar-refractivity contribution in [3.63, 3.8) is 0 Å². The van der Waals surface area contributed by atoms with Crippen LogP contribution in [0.3, 0.4) is 0 Å². The summed E-state index contributed by atoms with van der Waals surface area (Å²) in [5.41, 5.74) is 1.31. The van der Waals surface area contributed by atoms with E-state index in [2.05, 4.69) is 16.5 Å². The highest BCUT2D eigenvalue weighted by atomic mass is 16.3. The number of nitrogens with zero attached hydrogens (tertiary/aromatic N) is 2. The zero-order chi connectivity index (χ0) is 8.27. The summed E-state index contributed by atoms with van der Waals surface area (Å²) in [6.07, 6.45) is 3.87. The number of aliphatic hydroxyl groups excluding tert-OH is 1. The van der Waals surface area contributed by atoms with Crippen LogP contribution in [0.4, 0.5) is 0 Å². The Labute approximate surface area is 65.4 Å². The number of aliphatic hydroxyl groups is 1. The molecule has 1 unspecified atom stereocenters. The minimum absolute atomic E-state index is 0.572. The highest BCUT2D eigenvalue weighted by Crippen LogP contribution is 2.11. The molecule has 0 saturated heterocycles. The summed E-state index contributed by atoms with van der Waals surface area (Å²) in [4.78, 5) is 7.94. The van der Waals surface area contributed by atoms with Crippen LogP contribution in [0.5, 0.6) is 0 Å². The maximum atomic E-state index is 9.29. The van der Waals surface area contributed by atoms with E-state index in [0.717, 1.165) is 5.69 Å². The number of rotatable bonds is 2. The Kier molecular flexibility index (Phi) is 2.33. The molecule has 0 fully saturated rings. The van der Waals surface area contributed by atoms with Crippen molar-refractivity contribution < 1.29 is 5.11 Å². The predicted molar refractivity (Wildman–Crippen MR) is 41.9 cm³/mol. The molecule has 1 rings (SSSR count). The summed E-state index contributed by atoms with van der Waals surface area (Å²) in [5.74, 6) is 0. The monoisotopic (exact) mass is 150 g/mol. The lowest BCUT2D eigenvalue weighted by Crippen LogP contribution is -2.00. The van der Waals surface area contributed by atoms with E-state index in [-0.39, 0.29) is 0 Å². The van der Waals surface area contributed by atoms with Gasteiger partial charge in [-0.25, -0.2) is 0 Å². The number of hydrogen-bond donors (Lipinski definition) is 1. The van der Waals surface area contributed by atoms with E-state index in [4.69, 9.17) is 0 Å². The topological polar surface area (TPSA) is 46.0 Å². The third kappa shape index (κ3) is 1.62. The Bertz CT molecular complexity index is 260. The van der Waals surface area contributed by atoms with Crippen molar-refractivity contribution in [3.8, 4) is 0 Å². The van der Waals surface area contributed by atoms with Gasteiger partial charge in [-0.05, 0) is 6.92 Å². The highest BCUT2D eigenvalue weighted by molar-refractivity contribution is 5.14. The van der Waals surface area contributed by atoms with Gasteiger partial charge in [0, 0.05) is 12.4 Å². The molecule has 3 nitrogen and oxygen atoms in total. The predicted octanol–water partition coefficient (Wildman–Crippen LogP) is 1.00. The third-order valence-electron chi connectivity index (χ3n) is 1.42. The van der Waals surface area contributed by atoms with Crippen LogP contribution in [-0.4, -0.2) is 15.1 Å². The lowest BCUT2D eigenvalue weighted by atomic mass is 10.2. The average molecular weight is 150 g/mol. The van der Waals surface area contributed by atoms with E-state index >= 15 is 0 Å². The minimum Gasteiger partial charge on any atom is -0.383 e. The largest absolute Gasteiger partial charge is 0.383 e. The molecule has 0 amide bonds. The van der Waals surface area contributed by atoms with Gasteiger partial charge in [-0.2, -0.15) is 0 Å². The number of aryl methyl sites for hydroxylation is 1. The van der Waals surface area contributed by atoms with Gasteiger partial charge in [0.05, 0.1) is 11.4 Å². The quantitative estimate of drug-likeness (QED) is 0.640. The molecule has 0 aliphatic heterocycles. The lowest BCUT2D eigenvalue weighted by molar-refractivity contribution is 0.222. The van der Waals surface area contributed by atoms with E-state index in [1.807, 2.05) is 0 Å². The van der Waals surface area contributed by atoms with Gasteiger partial charge in [0.2, 0.25) is 0 Å². The molecule has 1 aromatic rings. The second kappa shape index (κ2) is 3.25. The second-order valence-corrected chi connectivity index (χ2v) is 2.21. The van der Waals surface area contributed by atoms with Crippen LogP contribution in [0.25, 0.3) is 0 Å². The zero-order valence-electron chi connectivity index (χ0n) is 6.36. The summed E-state index contributed by atoms with van der Waals surface area (Å²) in [5, 5.41) is 9.29. The van der Waals surface area contributed by atoms with E-state index in [1.54, 1.807) is 19.3 Å². The van der Waals surface area contributed by atoms with Crippen molar-refractivity contribution in [1.82, 2.24) is 9.97 Å². The smallest absolute Gasteiger partial charge is 0.116 e. The Morgan fingerprint density at radius 1 is 1.55 bits per heavy atom. The summed E-state index contributed by atoms with van der Waals surface area (Å²) in [6, 6.07) is 0. The molecule has 1 N–H and O–H groups in total. The van der Waals surface area contributed by atoms with Gasteiger partial charge in [0.1, 0.15) is 6.10 Å². The fourth-order valence-corrected chi connectivity index (χ4v) is 0.820. The van der Waals surface area contributed by atoms with Crippen molar-refractivity contribution in [1.29, 1.82) is 0 Å². The molecular weight excluding hydrogens is 140 g/mol. The van der Waals surface area contributed by atoms with Gasteiger partial charge in [0.25, 0.3) is 0 Å². The van der Waals surface area contributed by atoms with Crippen LogP contribution in [0, 0.1) is 6.92 Å². The highest BCUT2D eigenvalue weighted by Gasteiger charge is 2.06. The van der Waals surface area contributed by atoms with Crippen LogP contribution in [0.2, 0.25) is 0 Å². The molecule has 0 aliphatic rings. The van der Waals surface area contributed by atoms with Crippen LogP contribution in [-0.2, 0) is 0 Å². The Morgan fingerprint density at radius 3 is 2.73 bits per heavy atom. The Balaban J connectivity index is 3.02. The van der Waals surface area contributed by atoms with Crippen molar-refractivity contribution in [2.24, 2.45) is 0 Å². The molecule has 0 radical (unpaired) electrons. The fraction of sp³-hybridized carbons (Fsp3) is 0.250. The number of aromatic nitrogens is 2. The van der Waals surface area contributed by atoms with E-state index < -0.39 is 6.10 Å². The summed E-state index contributed by atoms with van der Waals surface area (Å²) < 4.78 is 0. The van der Waals surface area contributed by atoms with E-state index in [0.29, 0.717) is 5.69 Å².